The van der Waals surface area contributed by atoms with Crippen LogP contribution in [0.4, 0.5) is 0 Å². The first-order valence-electron chi connectivity index (χ1n) is 7.98. The first-order valence-corrected chi connectivity index (χ1v) is 7.98. The molecule has 0 amide bonds. The zero-order valence-corrected chi connectivity index (χ0v) is 11.7. The zero-order valence-electron chi connectivity index (χ0n) is 11.7. The van der Waals surface area contributed by atoms with Gasteiger partial charge in [-0.15, -0.1) is 0 Å². The summed E-state index contributed by atoms with van der Waals surface area (Å²) < 4.78 is 11.2. The highest BCUT2D eigenvalue weighted by molar-refractivity contribution is 5.76. The molecule has 0 radical (unpaired) electrons. The Kier molecular flexibility index (Phi) is 3.24. The minimum Gasteiger partial charge on any atom is -0.461 e. The van der Waals surface area contributed by atoms with Gasteiger partial charge in [-0.1, -0.05) is 6.42 Å². The Morgan fingerprint density at radius 2 is 2.10 bits per heavy atom. The van der Waals surface area contributed by atoms with E-state index in [2.05, 4.69) is 0 Å². The molecule has 5 heteroatoms. The molecule has 2 saturated heterocycles. The molecule has 0 aromatic heterocycles. The molecule has 2 aliphatic heterocycles. The normalized spacial score (nSPS) is 44.9. The van der Waals surface area contributed by atoms with Crippen LogP contribution >= 0.6 is 0 Å². The van der Waals surface area contributed by atoms with E-state index in [9.17, 15) is 9.90 Å². The monoisotopic (exact) mass is 281 g/mol. The van der Waals surface area contributed by atoms with Gasteiger partial charge in [0.25, 0.3) is 0 Å². The molecule has 2 heterocycles. The van der Waals surface area contributed by atoms with E-state index in [1.807, 2.05) is 4.90 Å². The third kappa shape index (κ3) is 1.98. The number of ether oxygens (including phenoxy) is 2. The molecule has 5 nitrogen and oxygen atoms in total. The number of hydrogen-bond acceptors (Lipinski definition) is 5. The van der Waals surface area contributed by atoms with Gasteiger partial charge in [-0.3, -0.25) is 9.69 Å². The highest BCUT2D eigenvalue weighted by Crippen LogP contribution is 2.57. The van der Waals surface area contributed by atoms with E-state index >= 15 is 0 Å². The summed E-state index contributed by atoms with van der Waals surface area (Å²) in [6, 6.07) is 0. The van der Waals surface area contributed by atoms with Crippen molar-refractivity contribution in [3.05, 3.63) is 0 Å². The molecule has 112 valence electrons. The molecule has 0 aromatic carbocycles. The van der Waals surface area contributed by atoms with Crippen LogP contribution in [0.2, 0.25) is 0 Å². The number of aliphatic hydroxyl groups is 1. The second-order valence-corrected chi connectivity index (χ2v) is 6.82. The molecule has 4 fully saturated rings. The third-order valence-electron chi connectivity index (χ3n) is 5.79. The zero-order chi connectivity index (χ0) is 13.7. The Morgan fingerprint density at radius 1 is 1.30 bits per heavy atom. The highest BCUT2D eigenvalue weighted by atomic mass is 16.6. The van der Waals surface area contributed by atoms with Crippen molar-refractivity contribution >= 4 is 5.97 Å². The Balaban J connectivity index is 1.33. The molecular weight excluding hydrogens is 258 g/mol. The lowest BCUT2D eigenvalue weighted by molar-refractivity contribution is -0.208. The van der Waals surface area contributed by atoms with Crippen molar-refractivity contribution in [2.24, 2.45) is 23.7 Å². The van der Waals surface area contributed by atoms with Gasteiger partial charge < -0.3 is 14.6 Å². The van der Waals surface area contributed by atoms with E-state index in [1.54, 1.807) is 0 Å². The quantitative estimate of drug-likeness (QED) is 0.614. The summed E-state index contributed by atoms with van der Waals surface area (Å²) in [6.45, 7) is 2.35. The molecule has 2 aliphatic carbocycles. The summed E-state index contributed by atoms with van der Waals surface area (Å²) in [4.78, 5) is 13.7. The smallest absolute Gasteiger partial charge is 0.309 e. The Labute approximate surface area is 119 Å². The van der Waals surface area contributed by atoms with Gasteiger partial charge in [0.15, 0.2) is 0 Å². The third-order valence-corrected chi connectivity index (χ3v) is 5.79. The lowest BCUT2D eigenvalue weighted by Gasteiger charge is -2.32. The van der Waals surface area contributed by atoms with E-state index in [-0.39, 0.29) is 18.0 Å². The topological polar surface area (TPSA) is 59.0 Å². The molecule has 2 saturated carbocycles. The van der Waals surface area contributed by atoms with Crippen LogP contribution in [0.3, 0.4) is 0 Å². The van der Waals surface area contributed by atoms with Gasteiger partial charge in [0.05, 0.1) is 12.5 Å². The number of piperidine rings is 1. The average Bonchev–Trinajstić information content (AvgIpc) is 3.09. The minimum atomic E-state index is -0.790. The number of likely N-dealkylation sites (tertiary alicyclic amines) is 1. The van der Waals surface area contributed by atoms with E-state index in [4.69, 9.17) is 9.47 Å². The van der Waals surface area contributed by atoms with Crippen LogP contribution < -0.4 is 0 Å². The van der Waals surface area contributed by atoms with Gasteiger partial charge in [0.2, 0.25) is 6.41 Å². The van der Waals surface area contributed by atoms with Gasteiger partial charge in [0, 0.05) is 24.9 Å². The molecule has 6 atom stereocenters. The lowest BCUT2D eigenvalue weighted by Crippen LogP contribution is -2.42. The van der Waals surface area contributed by atoms with Crippen LogP contribution in [-0.2, 0) is 14.3 Å². The standard InChI is InChI=1S/C15H23NO4/c17-14-11-7-9-6-10(11)13(20-14)12(9)8-19-15(18)16-4-2-1-3-5-16/h9-13,15,18H,1-8H2. The van der Waals surface area contributed by atoms with E-state index in [1.165, 1.54) is 6.42 Å². The lowest BCUT2D eigenvalue weighted by atomic mass is 9.83. The number of carbonyl (C=O) groups is 1. The molecule has 6 unspecified atom stereocenters. The van der Waals surface area contributed by atoms with Gasteiger partial charge in [0.1, 0.15) is 6.10 Å². The van der Waals surface area contributed by atoms with Crippen molar-refractivity contribution < 1.29 is 19.4 Å². The molecule has 4 rings (SSSR count). The number of carbonyl (C=O) groups excluding carboxylic acids is 1. The van der Waals surface area contributed by atoms with Crippen molar-refractivity contribution in [1.29, 1.82) is 0 Å². The van der Waals surface area contributed by atoms with Crippen molar-refractivity contribution in [2.75, 3.05) is 19.7 Å². The number of esters is 1. The Hall–Kier alpha value is -0.650. The number of rotatable bonds is 4. The van der Waals surface area contributed by atoms with E-state index in [0.29, 0.717) is 24.4 Å². The fourth-order valence-corrected chi connectivity index (χ4v) is 4.75. The summed E-state index contributed by atoms with van der Waals surface area (Å²) in [5, 5.41) is 10.1. The first-order chi connectivity index (χ1) is 9.74. The summed E-state index contributed by atoms with van der Waals surface area (Å²) in [6.07, 6.45) is 4.85. The first kappa shape index (κ1) is 13.0. The van der Waals surface area contributed by atoms with Crippen LogP contribution in [0.15, 0.2) is 0 Å². The Bertz CT molecular complexity index is 395. The van der Waals surface area contributed by atoms with Crippen LogP contribution in [0, 0.1) is 23.7 Å². The van der Waals surface area contributed by atoms with Crippen molar-refractivity contribution in [1.82, 2.24) is 4.90 Å². The molecule has 2 bridgehead atoms. The maximum atomic E-state index is 11.7. The predicted molar refractivity (Wildman–Crippen MR) is 70.5 cm³/mol. The van der Waals surface area contributed by atoms with Crippen LogP contribution in [0.25, 0.3) is 0 Å². The van der Waals surface area contributed by atoms with Gasteiger partial charge in [-0.05, 0) is 31.6 Å². The van der Waals surface area contributed by atoms with Gasteiger partial charge in [-0.2, -0.15) is 0 Å². The summed E-state index contributed by atoms with van der Waals surface area (Å²) in [7, 11) is 0. The summed E-state index contributed by atoms with van der Waals surface area (Å²) in [5.41, 5.74) is 0. The van der Waals surface area contributed by atoms with Crippen LogP contribution in [-0.4, -0.2) is 48.2 Å². The molecule has 4 aliphatic rings. The fourth-order valence-electron chi connectivity index (χ4n) is 4.75. The SMILES string of the molecule is O=C1OC2C(COC(O)N3CCCCC3)C3CC1C2C3. The molecule has 0 spiro atoms. The van der Waals surface area contributed by atoms with Crippen molar-refractivity contribution in [2.45, 2.75) is 44.6 Å². The van der Waals surface area contributed by atoms with E-state index in [0.717, 1.165) is 38.8 Å². The van der Waals surface area contributed by atoms with Crippen LogP contribution in [0.1, 0.15) is 32.1 Å². The number of fused-ring (bicyclic) bond motifs is 1. The number of nitrogens with zero attached hydrogens (tertiary/aromatic N) is 1. The predicted octanol–water partition coefficient (Wildman–Crippen LogP) is 0.962. The number of aliphatic hydroxyl groups excluding tert-OH is 1. The molecule has 1 N–H and O–H groups in total. The summed E-state index contributed by atoms with van der Waals surface area (Å²) >= 11 is 0. The second-order valence-electron chi connectivity index (χ2n) is 6.82. The van der Waals surface area contributed by atoms with Gasteiger partial charge in [-0.25, -0.2) is 0 Å². The molecule has 0 aromatic rings. The molecular formula is C15H23NO4. The summed E-state index contributed by atoms with van der Waals surface area (Å²) in [5.74, 6) is 1.43. The number of hydrogen-bond donors (Lipinski definition) is 1. The largest absolute Gasteiger partial charge is 0.461 e. The van der Waals surface area contributed by atoms with Crippen molar-refractivity contribution in [3.63, 3.8) is 0 Å². The van der Waals surface area contributed by atoms with Gasteiger partial charge >= 0.3 is 5.97 Å². The highest BCUT2D eigenvalue weighted by Gasteiger charge is 2.61. The average molecular weight is 281 g/mol. The maximum Gasteiger partial charge on any atom is 0.309 e. The minimum absolute atomic E-state index is 0.00146. The van der Waals surface area contributed by atoms with Crippen LogP contribution in [0.5, 0.6) is 0 Å². The van der Waals surface area contributed by atoms with Crippen molar-refractivity contribution in [3.8, 4) is 0 Å². The fraction of sp³-hybridized carbons (Fsp3) is 0.933. The molecule has 20 heavy (non-hydrogen) atoms. The maximum absolute atomic E-state index is 11.7. The Morgan fingerprint density at radius 3 is 2.90 bits per heavy atom. The second kappa shape index (κ2) is 4.97. The van der Waals surface area contributed by atoms with E-state index < -0.39 is 6.41 Å².